The van der Waals surface area contributed by atoms with E-state index in [9.17, 15) is 18.0 Å². The van der Waals surface area contributed by atoms with Crippen LogP contribution in [0.15, 0.2) is 35.5 Å². The molecule has 0 spiro atoms. The van der Waals surface area contributed by atoms with Gasteiger partial charge in [0.05, 0.1) is 11.8 Å². The predicted octanol–water partition coefficient (Wildman–Crippen LogP) is 4.41. The van der Waals surface area contributed by atoms with Crippen LogP contribution in [-0.2, 0) is 4.84 Å². The fourth-order valence-electron chi connectivity index (χ4n) is 3.19. The normalized spacial score (nSPS) is 18.0. The maximum absolute atomic E-state index is 12.8. The Hall–Kier alpha value is -2.88. The number of carbonyl (C=O) groups excluding carboxylic acids is 1. The van der Waals surface area contributed by atoms with Gasteiger partial charge in [-0.25, -0.2) is 0 Å². The Morgan fingerprint density at radius 1 is 1.26 bits per heavy atom. The second kappa shape index (κ2) is 9.95. The summed E-state index contributed by atoms with van der Waals surface area (Å²) < 4.78 is 42.7. The molecule has 1 fully saturated rings. The van der Waals surface area contributed by atoms with Gasteiger partial charge in [0.2, 0.25) is 5.88 Å². The summed E-state index contributed by atoms with van der Waals surface area (Å²) >= 11 is 5.90. The third-order valence-corrected chi connectivity index (χ3v) is 4.86. The van der Waals surface area contributed by atoms with Gasteiger partial charge in [-0.1, -0.05) is 35.3 Å². The SMILES string of the molecule is CO/N=C1/CCCC[C@H]1NC(=O)c1cc(-c2ccc(Cl)cc2)c(OCC(F)(F)F)nn1. The first-order valence-corrected chi connectivity index (χ1v) is 9.88. The monoisotopic (exact) mass is 456 g/mol. The van der Waals surface area contributed by atoms with Gasteiger partial charge in [-0.3, -0.25) is 4.79 Å². The molecule has 166 valence electrons. The number of rotatable bonds is 6. The van der Waals surface area contributed by atoms with Crippen molar-refractivity contribution in [3.05, 3.63) is 41.0 Å². The summed E-state index contributed by atoms with van der Waals surface area (Å²) in [5.41, 5.74) is 1.32. The minimum atomic E-state index is -4.55. The van der Waals surface area contributed by atoms with E-state index in [-0.39, 0.29) is 23.2 Å². The zero-order valence-corrected chi connectivity index (χ0v) is 17.3. The minimum absolute atomic E-state index is 0.0633. The molecular formula is C20H20ClF3N4O3. The van der Waals surface area contributed by atoms with E-state index in [1.165, 1.54) is 13.2 Å². The van der Waals surface area contributed by atoms with E-state index in [0.29, 0.717) is 23.4 Å². The molecule has 2 aromatic rings. The molecule has 0 saturated heterocycles. The first kappa shape index (κ1) is 22.8. The first-order valence-electron chi connectivity index (χ1n) is 9.51. The Bertz CT molecular complexity index is 952. The van der Waals surface area contributed by atoms with Crippen LogP contribution in [0.4, 0.5) is 13.2 Å². The molecule has 0 aliphatic heterocycles. The van der Waals surface area contributed by atoms with Crippen LogP contribution in [0, 0.1) is 0 Å². The molecule has 1 aliphatic rings. The number of nitrogens with one attached hydrogen (secondary N) is 1. The maximum Gasteiger partial charge on any atom is 0.422 e. The van der Waals surface area contributed by atoms with E-state index in [2.05, 4.69) is 20.7 Å². The number of hydrogen-bond donors (Lipinski definition) is 1. The number of amides is 1. The number of alkyl halides is 3. The highest BCUT2D eigenvalue weighted by molar-refractivity contribution is 6.30. The van der Waals surface area contributed by atoms with Crippen molar-refractivity contribution in [3.8, 4) is 17.0 Å². The highest BCUT2D eigenvalue weighted by atomic mass is 35.5. The molecule has 3 rings (SSSR count). The second-order valence-electron chi connectivity index (χ2n) is 6.90. The third-order valence-electron chi connectivity index (χ3n) is 4.61. The van der Waals surface area contributed by atoms with E-state index in [1.807, 2.05) is 0 Å². The lowest BCUT2D eigenvalue weighted by molar-refractivity contribution is -0.154. The molecule has 1 heterocycles. The highest BCUT2D eigenvalue weighted by Gasteiger charge is 2.30. The Kier molecular flexibility index (Phi) is 7.32. The summed E-state index contributed by atoms with van der Waals surface area (Å²) in [6.45, 7) is -1.53. The van der Waals surface area contributed by atoms with Gasteiger partial charge < -0.3 is 14.9 Å². The van der Waals surface area contributed by atoms with Crippen LogP contribution in [0.5, 0.6) is 5.88 Å². The third kappa shape index (κ3) is 6.30. The molecule has 1 amide bonds. The van der Waals surface area contributed by atoms with Crippen molar-refractivity contribution in [3.63, 3.8) is 0 Å². The van der Waals surface area contributed by atoms with E-state index >= 15 is 0 Å². The lowest BCUT2D eigenvalue weighted by Crippen LogP contribution is -2.43. The van der Waals surface area contributed by atoms with Crippen molar-refractivity contribution in [2.24, 2.45) is 5.16 Å². The number of hydrogen-bond acceptors (Lipinski definition) is 6. The number of carbonyl (C=O) groups is 1. The Morgan fingerprint density at radius 2 is 2.00 bits per heavy atom. The molecule has 0 bridgehead atoms. The molecule has 1 aliphatic carbocycles. The largest absolute Gasteiger partial charge is 0.467 e. The summed E-state index contributed by atoms with van der Waals surface area (Å²) in [5, 5.41) is 14.8. The van der Waals surface area contributed by atoms with Crippen LogP contribution < -0.4 is 10.1 Å². The average Bonchev–Trinajstić information content (AvgIpc) is 2.74. The van der Waals surface area contributed by atoms with Gasteiger partial charge in [-0.15, -0.1) is 10.2 Å². The smallest absolute Gasteiger partial charge is 0.422 e. The zero-order valence-electron chi connectivity index (χ0n) is 16.6. The van der Waals surface area contributed by atoms with Crippen LogP contribution in [0.1, 0.15) is 36.2 Å². The fraction of sp³-hybridized carbons (Fsp3) is 0.400. The molecule has 31 heavy (non-hydrogen) atoms. The Labute approximate surface area is 181 Å². The molecule has 1 saturated carbocycles. The van der Waals surface area contributed by atoms with Gasteiger partial charge in [-0.05, 0) is 43.0 Å². The van der Waals surface area contributed by atoms with Crippen LogP contribution in [0.2, 0.25) is 5.02 Å². The van der Waals surface area contributed by atoms with Gasteiger partial charge in [0.1, 0.15) is 7.11 Å². The number of nitrogens with zero attached hydrogens (tertiary/aromatic N) is 3. The number of benzene rings is 1. The minimum Gasteiger partial charge on any atom is -0.467 e. The molecule has 11 heteroatoms. The van der Waals surface area contributed by atoms with Gasteiger partial charge in [0.25, 0.3) is 5.91 Å². The number of oxime groups is 1. The summed E-state index contributed by atoms with van der Waals surface area (Å²) in [6, 6.07) is 7.34. The van der Waals surface area contributed by atoms with Gasteiger partial charge >= 0.3 is 6.18 Å². The van der Waals surface area contributed by atoms with Crippen LogP contribution in [-0.4, -0.2) is 47.8 Å². The topological polar surface area (TPSA) is 85.7 Å². The van der Waals surface area contributed by atoms with Crippen LogP contribution in [0.25, 0.3) is 11.1 Å². The molecule has 0 radical (unpaired) electrons. The summed E-state index contributed by atoms with van der Waals surface area (Å²) in [5.74, 6) is -0.865. The first-order chi connectivity index (χ1) is 14.8. The van der Waals surface area contributed by atoms with Crippen molar-refractivity contribution in [1.82, 2.24) is 15.5 Å². The molecule has 1 atom stereocenters. The van der Waals surface area contributed by atoms with E-state index in [4.69, 9.17) is 21.2 Å². The second-order valence-corrected chi connectivity index (χ2v) is 7.33. The number of halogens is 4. The summed E-state index contributed by atoms with van der Waals surface area (Å²) in [7, 11) is 1.43. The number of aromatic nitrogens is 2. The van der Waals surface area contributed by atoms with Crippen molar-refractivity contribution < 1.29 is 27.5 Å². The Balaban J connectivity index is 1.88. The van der Waals surface area contributed by atoms with Gasteiger partial charge in [-0.2, -0.15) is 13.2 Å². The van der Waals surface area contributed by atoms with Crippen molar-refractivity contribution in [2.45, 2.75) is 37.9 Å². The molecule has 0 unspecified atom stereocenters. The van der Waals surface area contributed by atoms with Gasteiger partial charge in [0.15, 0.2) is 12.3 Å². The van der Waals surface area contributed by atoms with Crippen molar-refractivity contribution >= 4 is 23.2 Å². The van der Waals surface area contributed by atoms with E-state index in [0.717, 1.165) is 18.6 Å². The van der Waals surface area contributed by atoms with Gasteiger partial charge in [0, 0.05) is 10.6 Å². The van der Waals surface area contributed by atoms with Crippen molar-refractivity contribution in [2.75, 3.05) is 13.7 Å². The standard InChI is InChI=1S/C20H20ClF3N4O3/c1-30-28-16-5-3-2-4-15(16)25-18(29)17-10-14(12-6-8-13(21)9-7-12)19(27-26-17)31-11-20(22,23)24/h6-10,15H,2-5,11H2,1H3,(H,25,29)/b28-16-/t15-/m1/s1. The van der Waals surface area contributed by atoms with E-state index < -0.39 is 18.7 Å². The zero-order chi connectivity index (χ0) is 22.4. The van der Waals surface area contributed by atoms with E-state index in [1.54, 1.807) is 24.3 Å². The molecule has 1 N–H and O–H groups in total. The average molecular weight is 457 g/mol. The quantitative estimate of drug-likeness (QED) is 0.651. The molecular weight excluding hydrogens is 437 g/mol. The highest BCUT2D eigenvalue weighted by Crippen LogP contribution is 2.30. The van der Waals surface area contributed by atoms with Crippen LogP contribution >= 0.6 is 11.6 Å². The molecule has 7 nitrogen and oxygen atoms in total. The Morgan fingerprint density at radius 3 is 2.68 bits per heavy atom. The molecule has 1 aromatic heterocycles. The summed E-state index contributed by atoms with van der Waals surface area (Å²) in [6.07, 6.45) is -1.30. The fourth-order valence-corrected chi connectivity index (χ4v) is 3.32. The van der Waals surface area contributed by atoms with Crippen molar-refractivity contribution in [1.29, 1.82) is 0 Å². The number of ether oxygens (including phenoxy) is 1. The molecule has 1 aromatic carbocycles. The lowest BCUT2D eigenvalue weighted by Gasteiger charge is -2.24. The van der Waals surface area contributed by atoms with Crippen LogP contribution in [0.3, 0.4) is 0 Å². The lowest BCUT2D eigenvalue weighted by atomic mass is 9.93. The predicted molar refractivity (Wildman–Crippen MR) is 108 cm³/mol. The maximum atomic E-state index is 12.8. The summed E-state index contributed by atoms with van der Waals surface area (Å²) in [4.78, 5) is 17.6.